The summed E-state index contributed by atoms with van der Waals surface area (Å²) in [7, 11) is 0. The second kappa shape index (κ2) is 10.0. The zero-order valence-corrected chi connectivity index (χ0v) is 19.9. The molecule has 2 aliphatic heterocycles. The van der Waals surface area contributed by atoms with Crippen LogP contribution < -0.4 is 10.5 Å². The van der Waals surface area contributed by atoms with E-state index in [4.69, 9.17) is 27.1 Å². The smallest absolute Gasteiger partial charge is 0.422 e. The molecular formula is C24H26ClF3N4O3. The van der Waals surface area contributed by atoms with Crippen LogP contribution in [0.4, 0.5) is 13.2 Å². The van der Waals surface area contributed by atoms with Crippen molar-refractivity contribution in [1.82, 2.24) is 9.88 Å². The summed E-state index contributed by atoms with van der Waals surface area (Å²) in [6.07, 6.45) is -1.05. The van der Waals surface area contributed by atoms with Crippen molar-refractivity contribution < 1.29 is 27.4 Å². The third-order valence-electron chi connectivity index (χ3n) is 6.16. The predicted octanol–water partition coefficient (Wildman–Crippen LogP) is 4.21. The Hall–Kier alpha value is -2.85. The van der Waals surface area contributed by atoms with E-state index < -0.39 is 18.3 Å². The van der Waals surface area contributed by atoms with Gasteiger partial charge >= 0.3 is 6.18 Å². The molecule has 0 spiro atoms. The maximum atomic E-state index is 13.1. The van der Waals surface area contributed by atoms with Gasteiger partial charge in [-0.3, -0.25) is 9.69 Å². The third-order valence-corrected chi connectivity index (χ3v) is 6.61. The largest absolute Gasteiger partial charge is 0.468 e. The zero-order valence-electron chi connectivity index (χ0n) is 19.1. The first-order valence-electron chi connectivity index (χ1n) is 11.2. The number of hydrogen-bond acceptors (Lipinski definition) is 6. The number of alkyl halides is 3. The van der Waals surface area contributed by atoms with Crippen molar-refractivity contribution in [3.05, 3.63) is 58.2 Å². The molecule has 2 aromatic rings. The van der Waals surface area contributed by atoms with Gasteiger partial charge in [-0.1, -0.05) is 35.9 Å². The van der Waals surface area contributed by atoms with Gasteiger partial charge < -0.3 is 15.2 Å². The predicted molar refractivity (Wildman–Crippen MR) is 124 cm³/mol. The van der Waals surface area contributed by atoms with E-state index in [1.54, 1.807) is 11.0 Å². The average Bonchev–Trinajstić information content (AvgIpc) is 2.79. The first kappa shape index (κ1) is 25.2. The first-order valence-corrected chi connectivity index (χ1v) is 11.6. The van der Waals surface area contributed by atoms with Gasteiger partial charge in [-0.2, -0.15) is 13.2 Å². The lowest BCUT2D eigenvalue weighted by molar-refractivity contribution is -0.154. The van der Waals surface area contributed by atoms with E-state index in [1.165, 1.54) is 12.3 Å². The van der Waals surface area contributed by atoms with Gasteiger partial charge in [0.1, 0.15) is 0 Å². The fraction of sp³-hybridized carbons (Fsp3) is 0.458. The van der Waals surface area contributed by atoms with E-state index in [-0.39, 0.29) is 30.2 Å². The molecule has 1 aromatic carbocycles. The number of rotatable bonds is 6. The molecule has 2 N–H and O–H groups in total. The molecule has 0 saturated carbocycles. The molecule has 3 heterocycles. The van der Waals surface area contributed by atoms with Crippen LogP contribution in [-0.2, 0) is 21.5 Å². The molecule has 1 fully saturated rings. The van der Waals surface area contributed by atoms with E-state index in [1.807, 2.05) is 25.1 Å². The molecule has 188 valence electrons. The van der Waals surface area contributed by atoms with Gasteiger partial charge in [-0.25, -0.2) is 9.98 Å². The molecule has 4 rings (SSSR count). The van der Waals surface area contributed by atoms with E-state index in [2.05, 4.69) is 9.72 Å². The SMILES string of the molecule is C[C@@]1(c2cccc(Cc3ccc(OCC(F)(F)F)nc3)c2Cl)CC(=O)N(C2CCOCC2)C(N)=N1. The molecule has 0 bridgehead atoms. The Bertz CT molecular complexity index is 1100. The topological polar surface area (TPSA) is 90.0 Å². The molecule has 1 amide bonds. The quantitative estimate of drug-likeness (QED) is 0.629. The van der Waals surface area contributed by atoms with Crippen LogP contribution in [0.15, 0.2) is 41.5 Å². The molecule has 1 atom stereocenters. The molecule has 1 aromatic heterocycles. The Labute approximate surface area is 206 Å². The monoisotopic (exact) mass is 510 g/mol. The fourth-order valence-electron chi connectivity index (χ4n) is 4.45. The number of nitrogens with two attached hydrogens (primary N) is 1. The molecule has 2 aliphatic rings. The van der Waals surface area contributed by atoms with Crippen molar-refractivity contribution in [2.24, 2.45) is 10.7 Å². The number of aliphatic imine (C=N–C) groups is 1. The third kappa shape index (κ3) is 5.87. The normalized spacial score (nSPS) is 21.7. The Morgan fingerprint density at radius 3 is 2.63 bits per heavy atom. The zero-order chi connectivity index (χ0) is 25.2. The maximum Gasteiger partial charge on any atom is 0.422 e. The maximum absolute atomic E-state index is 13.1. The van der Waals surface area contributed by atoms with Crippen LogP contribution in [-0.4, -0.2) is 53.8 Å². The molecule has 7 nitrogen and oxygen atoms in total. The second-order valence-corrected chi connectivity index (χ2v) is 9.27. The highest BCUT2D eigenvalue weighted by molar-refractivity contribution is 6.32. The number of nitrogens with zero attached hydrogens (tertiary/aromatic N) is 3. The van der Waals surface area contributed by atoms with Crippen molar-refractivity contribution in [3.8, 4) is 5.88 Å². The van der Waals surface area contributed by atoms with E-state index >= 15 is 0 Å². The van der Waals surface area contributed by atoms with Crippen LogP contribution in [0.25, 0.3) is 0 Å². The van der Waals surface area contributed by atoms with Gasteiger partial charge in [-0.15, -0.1) is 0 Å². The van der Waals surface area contributed by atoms with Crippen molar-refractivity contribution in [3.63, 3.8) is 0 Å². The average molecular weight is 511 g/mol. The van der Waals surface area contributed by atoms with Crippen LogP contribution in [0.2, 0.25) is 5.02 Å². The van der Waals surface area contributed by atoms with Gasteiger partial charge in [0.25, 0.3) is 0 Å². The van der Waals surface area contributed by atoms with E-state index in [9.17, 15) is 18.0 Å². The Kier molecular flexibility index (Phi) is 7.23. The summed E-state index contributed by atoms with van der Waals surface area (Å²) in [4.78, 5) is 23.3. The molecule has 0 unspecified atom stereocenters. The van der Waals surface area contributed by atoms with Crippen LogP contribution in [0, 0.1) is 0 Å². The van der Waals surface area contributed by atoms with Gasteiger partial charge in [-0.05, 0) is 36.5 Å². The minimum atomic E-state index is -4.43. The lowest BCUT2D eigenvalue weighted by Gasteiger charge is -2.40. The Balaban J connectivity index is 1.53. The lowest BCUT2D eigenvalue weighted by atomic mass is 9.85. The molecule has 35 heavy (non-hydrogen) atoms. The van der Waals surface area contributed by atoms with Crippen LogP contribution in [0.5, 0.6) is 5.88 Å². The van der Waals surface area contributed by atoms with E-state index in [0.717, 1.165) is 11.1 Å². The van der Waals surface area contributed by atoms with Crippen molar-refractivity contribution in [2.45, 2.75) is 50.4 Å². The van der Waals surface area contributed by atoms with Crippen LogP contribution >= 0.6 is 11.6 Å². The van der Waals surface area contributed by atoms with Gasteiger partial charge in [0.15, 0.2) is 12.6 Å². The first-order chi connectivity index (χ1) is 16.6. The van der Waals surface area contributed by atoms with Gasteiger partial charge in [0, 0.05) is 43.0 Å². The number of hydrogen-bond donors (Lipinski definition) is 1. The number of carbonyl (C=O) groups excluding carboxylic acids is 1. The highest BCUT2D eigenvalue weighted by Gasteiger charge is 2.41. The second-order valence-electron chi connectivity index (χ2n) is 8.89. The molecule has 0 aliphatic carbocycles. The van der Waals surface area contributed by atoms with Crippen LogP contribution in [0.3, 0.4) is 0 Å². The standard InChI is InChI=1S/C24H26ClF3N4O3/c1-23(12-20(33)32(22(29)31-23)17-7-9-34-10-8-17)18-4-2-3-16(21(18)25)11-15-5-6-19(30-13-15)35-14-24(26,27)28/h2-6,13,17H,7-12,14H2,1H3,(H2,29,31)/t23-/m0/s1. The summed E-state index contributed by atoms with van der Waals surface area (Å²) < 4.78 is 47.0. The number of ether oxygens (including phenoxy) is 2. The number of aromatic nitrogens is 1. The molecule has 11 heteroatoms. The number of halogens is 4. The van der Waals surface area contributed by atoms with Crippen molar-refractivity contribution >= 4 is 23.5 Å². The summed E-state index contributed by atoms with van der Waals surface area (Å²) in [5.41, 5.74) is 7.53. The highest BCUT2D eigenvalue weighted by Crippen LogP contribution is 2.40. The number of benzene rings is 1. The Morgan fingerprint density at radius 2 is 2.00 bits per heavy atom. The van der Waals surface area contributed by atoms with Gasteiger partial charge in [0.05, 0.1) is 12.0 Å². The fourth-order valence-corrected chi connectivity index (χ4v) is 4.85. The molecule has 1 saturated heterocycles. The summed E-state index contributed by atoms with van der Waals surface area (Å²) in [6, 6.07) is 8.49. The highest BCUT2D eigenvalue weighted by atomic mass is 35.5. The minimum Gasteiger partial charge on any atom is -0.468 e. The summed E-state index contributed by atoms with van der Waals surface area (Å²) in [5, 5.41) is 0.455. The molecular weight excluding hydrogens is 485 g/mol. The number of guanidine groups is 1. The number of amides is 1. The minimum absolute atomic E-state index is 0.0260. The molecule has 0 radical (unpaired) electrons. The van der Waals surface area contributed by atoms with Crippen molar-refractivity contribution in [2.75, 3.05) is 19.8 Å². The summed E-state index contributed by atoms with van der Waals surface area (Å²) in [6.45, 7) is 1.59. The van der Waals surface area contributed by atoms with Gasteiger partial charge in [0.2, 0.25) is 11.8 Å². The number of carbonyl (C=O) groups is 1. The summed E-state index contributed by atoms with van der Waals surface area (Å²) in [5.74, 6) is -0.0409. The lowest BCUT2D eigenvalue weighted by Crippen LogP contribution is -2.55. The Morgan fingerprint density at radius 1 is 1.26 bits per heavy atom. The van der Waals surface area contributed by atoms with Crippen LogP contribution in [0.1, 0.15) is 42.9 Å². The number of pyridine rings is 1. The van der Waals surface area contributed by atoms with E-state index in [0.29, 0.717) is 43.1 Å². The summed E-state index contributed by atoms with van der Waals surface area (Å²) >= 11 is 6.77. The van der Waals surface area contributed by atoms with Crippen molar-refractivity contribution in [1.29, 1.82) is 0 Å².